The molecule has 0 unspecified atom stereocenters. The number of anilines is 3. The van der Waals surface area contributed by atoms with Crippen molar-refractivity contribution in [1.82, 2.24) is 4.57 Å². The monoisotopic (exact) mass is 668 g/mol. The topological polar surface area (TPSA) is 8.17 Å². The molecule has 0 N–H and O–H groups in total. The summed E-state index contributed by atoms with van der Waals surface area (Å²) in [4.78, 5) is 2.48. The van der Waals surface area contributed by atoms with E-state index in [1.54, 1.807) is 0 Å². The van der Waals surface area contributed by atoms with Gasteiger partial charge in [-0.15, -0.1) is 0 Å². The lowest BCUT2D eigenvalue weighted by molar-refractivity contribution is 0.445. The van der Waals surface area contributed by atoms with Gasteiger partial charge < -0.3 is 9.47 Å². The van der Waals surface area contributed by atoms with Crippen molar-refractivity contribution in [2.24, 2.45) is 0 Å². The van der Waals surface area contributed by atoms with Crippen LogP contribution in [-0.2, 0) is 0 Å². The van der Waals surface area contributed by atoms with Crippen molar-refractivity contribution in [3.05, 3.63) is 181 Å². The Hall–Kier alpha value is -6.12. The summed E-state index contributed by atoms with van der Waals surface area (Å²) in [5.41, 5.74) is 11.1. The first kappa shape index (κ1) is 30.7. The summed E-state index contributed by atoms with van der Waals surface area (Å²) in [6.07, 6.45) is 6.53. The molecule has 0 saturated heterocycles. The van der Waals surface area contributed by atoms with E-state index in [1.807, 2.05) is 0 Å². The van der Waals surface area contributed by atoms with Crippen molar-refractivity contribution in [2.45, 2.75) is 38.0 Å². The summed E-state index contributed by atoms with van der Waals surface area (Å²) in [7, 11) is 0. The van der Waals surface area contributed by atoms with E-state index in [-0.39, 0.29) is 0 Å². The molecule has 9 aromatic rings. The maximum Gasteiger partial charge on any atom is 0.0542 e. The van der Waals surface area contributed by atoms with E-state index in [2.05, 4.69) is 185 Å². The smallest absolute Gasteiger partial charge is 0.0542 e. The van der Waals surface area contributed by atoms with Crippen LogP contribution in [0.4, 0.5) is 17.1 Å². The van der Waals surface area contributed by atoms with Crippen LogP contribution < -0.4 is 4.90 Å². The molecule has 1 heterocycles. The molecule has 0 bridgehead atoms. The number of aromatic nitrogens is 1. The van der Waals surface area contributed by atoms with Gasteiger partial charge in [0.25, 0.3) is 0 Å². The maximum atomic E-state index is 2.48. The highest BCUT2D eigenvalue weighted by molar-refractivity contribution is 6.11. The van der Waals surface area contributed by atoms with Crippen LogP contribution in [0.2, 0.25) is 0 Å². The average Bonchev–Trinajstić information content (AvgIpc) is 3.55. The highest BCUT2D eigenvalue weighted by Gasteiger charge is 2.23. The van der Waals surface area contributed by atoms with Crippen LogP contribution in [0.5, 0.6) is 0 Å². The Morgan fingerprint density at radius 1 is 0.442 bits per heavy atom. The van der Waals surface area contributed by atoms with E-state index in [9.17, 15) is 0 Å². The van der Waals surface area contributed by atoms with Crippen LogP contribution in [0.1, 0.15) is 43.6 Å². The molecule has 0 atom stereocenters. The van der Waals surface area contributed by atoms with Crippen molar-refractivity contribution >= 4 is 60.4 Å². The quantitative estimate of drug-likeness (QED) is 0.171. The van der Waals surface area contributed by atoms with Gasteiger partial charge in [0.2, 0.25) is 0 Å². The van der Waals surface area contributed by atoms with E-state index >= 15 is 0 Å². The Morgan fingerprint density at radius 2 is 1.10 bits per heavy atom. The SMILES string of the molecule is c1ccc(-n2c3ccccc3c3cc(N(c4ccc5ccccc5c4)c4ccccc4-c4cccc5cccc(C6CCCCC6)c45)ccc32)cc1. The number of nitrogens with zero attached hydrogens (tertiary/aromatic N) is 2. The Balaban J connectivity index is 1.23. The molecule has 250 valence electrons. The Labute approximate surface area is 305 Å². The molecule has 1 aliphatic carbocycles. The van der Waals surface area contributed by atoms with Crippen LogP contribution in [-0.4, -0.2) is 4.57 Å². The van der Waals surface area contributed by atoms with Gasteiger partial charge >= 0.3 is 0 Å². The van der Waals surface area contributed by atoms with Crippen molar-refractivity contribution in [3.8, 4) is 16.8 Å². The van der Waals surface area contributed by atoms with Crippen LogP contribution in [0.15, 0.2) is 176 Å². The minimum Gasteiger partial charge on any atom is -0.310 e. The molecule has 0 radical (unpaired) electrons. The summed E-state index contributed by atoms with van der Waals surface area (Å²) in [6, 6.07) is 65.0. The summed E-state index contributed by atoms with van der Waals surface area (Å²) < 4.78 is 2.39. The fourth-order valence-electron chi connectivity index (χ4n) is 8.94. The minimum absolute atomic E-state index is 0.603. The van der Waals surface area contributed by atoms with E-state index in [1.165, 1.54) is 104 Å². The fraction of sp³-hybridized carbons (Fsp3) is 0.120. The summed E-state index contributed by atoms with van der Waals surface area (Å²) in [5, 5.41) is 7.69. The molecule has 0 amide bonds. The Kier molecular flexibility index (Phi) is 7.61. The first-order chi connectivity index (χ1) is 25.8. The molecule has 0 spiro atoms. The van der Waals surface area contributed by atoms with Crippen molar-refractivity contribution < 1.29 is 0 Å². The van der Waals surface area contributed by atoms with Gasteiger partial charge in [-0.1, -0.05) is 141 Å². The molecule has 52 heavy (non-hydrogen) atoms. The lowest BCUT2D eigenvalue weighted by Gasteiger charge is -2.29. The second kappa shape index (κ2) is 12.9. The number of hydrogen-bond acceptors (Lipinski definition) is 1. The molecule has 1 aromatic heterocycles. The lowest BCUT2D eigenvalue weighted by atomic mass is 9.80. The number of fused-ring (bicyclic) bond motifs is 5. The third-order valence-electron chi connectivity index (χ3n) is 11.3. The highest BCUT2D eigenvalue weighted by Crippen LogP contribution is 2.47. The predicted octanol–water partition coefficient (Wildman–Crippen LogP) is 14.3. The third kappa shape index (κ3) is 5.17. The standard InChI is InChI=1S/C50H40N2/c1-3-16-36(17-4-1)42-25-13-19-37-20-14-26-45(50(37)42)43-23-9-11-27-47(43)51(40-30-29-35-15-7-8-18-38(35)33-40)41-31-32-49-46(34-41)44-24-10-12-28-48(44)52(49)39-21-5-2-6-22-39/h2,5-15,18-34,36H,1,3-4,16-17H2. The largest absolute Gasteiger partial charge is 0.310 e. The van der Waals surface area contributed by atoms with Crippen LogP contribution in [0.25, 0.3) is 60.2 Å². The van der Waals surface area contributed by atoms with Gasteiger partial charge in [0.1, 0.15) is 0 Å². The predicted molar refractivity (Wildman–Crippen MR) is 222 cm³/mol. The van der Waals surface area contributed by atoms with Gasteiger partial charge in [-0.05, 0) is 106 Å². The molecular weight excluding hydrogens is 629 g/mol. The number of para-hydroxylation sites is 3. The average molecular weight is 669 g/mol. The Morgan fingerprint density at radius 3 is 1.98 bits per heavy atom. The molecule has 1 aliphatic rings. The first-order valence-corrected chi connectivity index (χ1v) is 18.8. The normalized spacial score (nSPS) is 13.7. The number of benzene rings is 8. The second-order valence-corrected chi connectivity index (χ2v) is 14.4. The number of hydrogen-bond donors (Lipinski definition) is 0. The molecule has 10 rings (SSSR count). The van der Waals surface area contributed by atoms with Crippen molar-refractivity contribution in [1.29, 1.82) is 0 Å². The molecule has 0 aliphatic heterocycles. The first-order valence-electron chi connectivity index (χ1n) is 18.8. The van der Waals surface area contributed by atoms with Crippen molar-refractivity contribution in [3.63, 3.8) is 0 Å². The van der Waals surface area contributed by atoms with Crippen LogP contribution >= 0.6 is 0 Å². The molecule has 2 heteroatoms. The minimum atomic E-state index is 0.603. The Bertz CT molecular complexity index is 2730. The van der Waals surface area contributed by atoms with E-state index in [0.29, 0.717) is 5.92 Å². The van der Waals surface area contributed by atoms with Gasteiger partial charge in [-0.3, -0.25) is 0 Å². The summed E-state index contributed by atoms with van der Waals surface area (Å²) >= 11 is 0. The van der Waals surface area contributed by atoms with Gasteiger partial charge in [0.15, 0.2) is 0 Å². The third-order valence-corrected chi connectivity index (χ3v) is 11.3. The molecule has 1 fully saturated rings. The summed E-state index contributed by atoms with van der Waals surface area (Å²) in [6.45, 7) is 0. The maximum absolute atomic E-state index is 2.48. The molecule has 2 nitrogen and oxygen atoms in total. The summed E-state index contributed by atoms with van der Waals surface area (Å²) in [5.74, 6) is 0.603. The van der Waals surface area contributed by atoms with Crippen LogP contribution in [0.3, 0.4) is 0 Å². The molecular formula is C50H40N2. The van der Waals surface area contributed by atoms with E-state index in [0.717, 1.165) is 11.4 Å². The zero-order chi connectivity index (χ0) is 34.4. The van der Waals surface area contributed by atoms with E-state index < -0.39 is 0 Å². The second-order valence-electron chi connectivity index (χ2n) is 14.4. The van der Waals surface area contributed by atoms with Gasteiger partial charge in [-0.2, -0.15) is 0 Å². The van der Waals surface area contributed by atoms with Gasteiger partial charge in [-0.25, -0.2) is 0 Å². The lowest BCUT2D eigenvalue weighted by Crippen LogP contribution is -2.11. The zero-order valence-electron chi connectivity index (χ0n) is 29.3. The van der Waals surface area contributed by atoms with E-state index in [4.69, 9.17) is 0 Å². The van der Waals surface area contributed by atoms with Crippen molar-refractivity contribution in [2.75, 3.05) is 4.90 Å². The van der Waals surface area contributed by atoms with Crippen LogP contribution in [0, 0.1) is 0 Å². The number of rotatable bonds is 6. The molecule has 8 aromatic carbocycles. The van der Waals surface area contributed by atoms with Gasteiger partial charge in [0, 0.05) is 33.4 Å². The highest BCUT2D eigenvalue weighted by atomic mass is 15.1. The zero-order valence-corrected chi connectivity index (χ0v) is 29.3. The fourth-order valence-corrected chi connectivity index (χ4v) is 8.94. The van der Waals surface area contributed by atoms with Gasteiger partial charge in [0.05, 0.1) is 16.7 Å². The molecule has 1 saturated carbocycles.